The van der Waals surface area contributed by atoms with E-state index in [1.54, 1.807) is 24.3 Å². The van der Waals surface area contributed by atoms with Crippen molar-refractivity contribution in [1.82, 2.24) is 0 Å². The number of rotatable bonds is 7. The van der Waals surface area contributed by atoms with Crippen LogP contribution in [0.4, 0.5) is 11.4 Å². The Labute approximate surface area is 175 Å². The molecule has 0 aromatic heterocycles. The van der Waals surface area contributed by atoms with Gasteiger partial charge >= 0.3 is 0 Å². The molecule has 2 N–H and O–H groups in total. The lowest BCUT2D eigenvalue weighted by molar-refractivity contribution is 0.102. The first-order valence-corrected chi connectivity index (χ1v) is 10.5. The largest absolute Gasteiger partial charge is 0.497 e. The van der Waals surface area contributed by atoms with Crippen molar-refractivity contribution in [3.63, 3.8) is 0 Å². The van der Waals surface area contributed by atoms with E-state index in [-0.39, 0.29) is 16.5 Å². The second kappa shape index (κ2) is 8.87. The molecule has 0 saturated heterocycles. The number of aryl methyl sites for hydroxylation is 1. The Hall–Kier alpha value is -3.52. The van der Waals surface area contributed by atoms with Crippen LogP contribution in [0.15, 0.2) is 71.6 Å². The summed E-state index contributed by atoms with van der Waals surface area (Å²) in [6.45, 7) is 1.85. The van der Waals surface area contributed by atoms with Crippen molar-refractivity contribution in [3.8, 4) is 11.5 Å². The number of carbonyl (C=O) groups excluding carboxylic acids is 1. The highest BCUT2D eigenvalue weighted by atomic mass is 32.2. The van der Waals surface area contributed by atoms with Crippen molar-refractivity contribution in [2.24, 2.45) is 0 Å². The molecule has 0 saturated carbocycles. The van der Waals surface area contributed by atoms with Crippen molar-refractivity contribution in [2.75, 3.05) is 24.3 Å². The van der Waals surface area contributed by atoms with Gasteiger partial charge in [0.2, 0.25) is 0 Å². The molecule has 0 radical (unpaired) electrons. The van der Waals surface area contributed by atoms with Crippen molar-refractivity contribution in [3.05, 3.63) is 77.9 Å². The second-order valence-electron chi connectivity index (χ2n) is 6.47. The molecule has 3 rings (SSSR count). The van der Waals surface area contributed by atoms with Crippen LogP contribution in [0.3, 0.4) is 0 Å². The number of nitrogens with one attached hydrogen (secondary N) is 2. The molecule has 0 aliphatic heterocycles. The molecule has 30 heavy (non-hydrogen) atoms. The van der Waals surface area contributed by atoms with E-state index in [4.69, 9.17) is 9.47 Å². The Morgan fingerprint density at radius 1 is 0.900 bits per heavy atom. The number of hydrogen-bond donors (Lipinski definition) is 2. The van der Waals surface area contributed by atoms with E-state index in [0.29, 0.717) is 22.7 Å². The number of hydrogen-bond acceptors (Lipinski definition) is 5. The van der Waals surface area contributed by atoms with Crippen molar-refractivity contribution >= 4 is 27.3 Å². The number of methoxy groups -OCH3 is 2. The van der Waals surface area contributed by atoms with Gasteiger partial charge in [-0.15, -0.1) is 0 Å². The highest BCUT2D eigenvalue weighted by Gasteiger charge is 2.18. The van der Waals surface area contributed by atoms with Crippen LogP contribution in [0.2, 0.25) is 0 Å². The molecule has 0 aliphatic carbocycles. The smallest absolute Gasteiger partial charge is 0.262 e. The first-order chi connectivity index (χ1) is 14.3. The molecule has 0 fully saturated rings. The van der Waals surface area contributed by atoms with Crippen LogP contribution in [0, 0.1) is 6.92 Å². The van der Waals surface area contributed by atoms with Gasteiger partial charge in [0.15, 0.2) is 0 Å². The quantitative estimate of drug-likeness (QED) is 0.594. The van der Waals surface area contributed by atoms with E-state index >= 15 is 0 Å². The summed E-state index contributed by atoms with van der Waals surface area (Å²) in [5.74, 6) is 0.590. The minimum atomic E-state index is -3.87. The van der Waals surface area contributed by atoms with Crippen molar-refractivity contribution in [1.29, 1.82) is 0 Å². The third-order valence-electron chi connectivity index (χ3n) is 4.46. The maximum absolute atomic E-state index is 12.8. The summed E-state index contributed by atoms with van der Waals surface area (Å²) in [4.78, 5) is 12.5. The zero-order valence-electron chi connectivity index (χ0n) is 16.8. The van der Waals surface area contributed by atoms with Crippen LogP contribution < -0.4 is 19.5 Å². The van der Waals surface area contributed by atoms with Crippen molar-refractivity contribution < 1.29 is 22.7 Å². The Bertz CT molecular complexity index is 1160. The summed E-state index contributed by atoms with van der Waals surface area (Å²) < 4.78 is 38.4. The molecule has 7 nitrogen and oxygen atoms in total. The fourth-order valence-corrected chi connectivity index (χ4v) is 3.90. The van der Waals surface area contributed by atoms with E-state index in [9.17, 15) is 13.2 Å². The normalized spacial score (nSPS) is 10.9. The summed E-state index contributed by atoms with van der Waals surface area (Å²) in [6.07, 6.45) is 0. The maximum Gasteiger partial charge on any atom is 0.262 e. The van der Waals surface area contributed by atoms with Gasteiger partial charge in [0.05, 0.1) is 24.8 Å². The minimum absolute atomic E-state index is 0.0428. The fourth-order valence-electron chi connectivity index (χ4n) is 2.84. The van der Waals surface area contributed by atoms with Gasteiger partial charge in [0, 0.05) is 17.3 Å². The SMILES string of the molecule is COc1ccc(OC)c(NS(=O)(=O)c2ccc(NC(=O)c3ccccc3C)cc2)c1. The van der Waals surface area contributed by atoms with Crippen LogP contribution in [-0.4, -0.2) is 28.5 Å². The molecule has 0 atom stereocenters. The van der Waals surface area contributed by atoms with Crippen LogP contribution in [0.25, 0.3) is 0 Å². The van der Waals surface area contributed by atoms with Gasteiger partial charge in [-0.05, 0) is 55.0 Å². The third-order valence-corrected chi connectivity index (χ3v) is 5.84. The molecule has 3 aromatic rings. The van der Waals surface area contributed by atoms with Gasteiger partial charge < -0.3 is 14.8 Å². The van der Waals surface area contributed by atoms with Gasteiger partial charge in [0.1, 0.15) is 11.5 Å². The van der Waals surface area contributed by atoms with E-state index in [1.807, 2.05) is 19.1 Å². The maximum atomic E-state index is 12.8. The summed E-state index contributed by atoms with van der Waals surface area (Å²) in [6, 6.07) is 18.0. The molecule has 3 aromatic carbocycles. The number of benzene rings is 3. The highest BCUT2D eigenvalue weighted by molar-refractivity contribution is 7.92. The first kappa shape index (κ1) is 21.2. The average molecular weight is 426 g/mol. The van der Waals surface area contributed by atoms with Crippen LogP contribution in [0.1, 0.15) is 15.9 Å². The Balaban J connectivity index is 1.78. The molecule has 8 heteroatoms. The van der Waals surface area contributed by atoms with Gasteiger partial charge in [-0.3, -0.25) is 9.52 Å². The monoisotopic (exact) mass is 426 g/mol. The predicted octanol–water partition coefficient (Wildman–Crippen LogP) is 4.07. The fraction of sp³-hybridized carbons (Fsp3) is 0.136. The first-order valence-electron chi connectivity index (χ1n) is 9.06. The Kier molecular flexibility index (Phi) is 6.27. The van der Waals surface area contributed by atoms with Crippen molar-refractivity contribution in [2.45, 2.75) is 11.8 Å². The number of anilines is 2. The molecule has 0 unspecified atom stereocenters. The topological polar surface area (TPSA) is 93.7 Å². The summed E-state index contributed by atoms with van der Waals surface area (Å²) in [5, 5.41) is 2.77. The molecule has 0 spiro atoms. The Morgan fingerprint density at radius 3 is 2.23 bits per heavy atom. The van der Waals surface area contributed by atoms with Gasteiger partial charge in [-0.25, -0.2) is 8.42 Å². The third kappa shape index (κ3) is 4.72. The van der Waals surface area contributed by atoms with E-state index in [2.05, 4.69) is 10.0 Å². The highest BCUT2D eigenvalue weighted by Crippen LogP contribution is 2.31. The second-order valence-corrected chi connectivity index (χ2v) is 8.15. The number of amides is 1. The Morgan fingerprint density at radius 2 is 1.60 bits per heavy atom. The molecule has 0 aliphatic rings. The minimum Gasteiger partial charge on any atom is -0.497 e. The summed E-state index contributed by atoms with van der Waals surface area (Å²) in [5.41, 5.74) is 2.15. The molecule has 0 bridgehead atoms. The number of ether oxygens (including phenoxy) is 2. The van der Waals surface area contributed by atoms with Crippen LogP contribution in [0.5, 0.6) is 11.5 Å². The van der Waals surface area contributed by atoms with Crippen LogP contribution in [-0.2, 0) is 10.0 Å². The zero-order valence-corrected chi connectivity index (χ0v) is 17.6. The molecule has 1 amide bonds. The number of sulfonamides is 1. The summed E-state index contributed by atoms with van der Waals surface area (Å²) in [7, 11) is -0.933. The standard InChI is InChI=1S/C22H22N2O5S/c1-15-6-4-5-7-19(15)22(25)23-16-8-11-18(12-9-16)30(26,27)24-20-14-17(28-2)10-13-21(20)29-3/h4-14,24H,1-3H3,(H,23,25). The average Bonchev–Trinajstić information content (AvgIpc) is 2.74. The molecule has 156 valence electrons. The van der Waals surface area contributed by atoms with E-state index < -0.39 is 10.0 Å². The van der Waals surface area contributed by atoms with Gasteiger partial charge in [-0.2, -0.15) is 0 Å². The lowest BCUT2D eigenvalue weighted by Gasteiger charge is -2.13. The lowest BCUT2D eigenvalue weighted by atomic mass is 10.1. The molecular formula is C22H22N2O5S. The van der Waals surface area contributed by atoms with Crippen LogP contribution >= 0.6 is 0 Å². The number of carbonyl (C=O) groups is 1. The summed E-state index contributed by atoms with van der Waals surface area (Å²) >= 11 is 0. The van der Waals surface area contributed by atoms with Gasteiger partial charge in [0.25, 0.3) is 15.9 Å². The predicted molar refractivity (Wildman–Crippen MR) is 116 cm³/mol. The lowest BCUT2D eigenvalue weighted by Crippen LogP contribution is -2.15. The van der Waals surface area contributed by atoms with Gasteiger partial charge in [-0.1, -0.05) is 18.2 Å². The van der Waals surface area contributed by atoms with E-state index in [1.165, 1.54) is 44.6 Å². The molecule has 0 heterocycles. The van der Waals surface area contributed by atoms with E-state index in [0.717, 1.165) is 5.56 Å². The zero-order chi connectivity index (χ0) is 21.7. The molecular weight excluding hydrogens is 404 g/mol.